The van der Waals surface area contributed by atoms with Gasteiger partial charge in [0.05, 0.1) is 0 Å². The lowest BCUT2D eigenvalue weighted by atomic mass is 9.87. The van der Waals surface area contributed by atoms with Gasteiger partial charge in [-0.15, -0.1) is 0 Å². The fourth-order valence-electron chi connectivity index (χ4n) is 1.80. The van der Waals surface area contributed by atoms with Gasteiger partial charge >= 0.3 is 0 Å². The lowest BCUT2D eigenvalue weighted by molar-refractivity contribution is -0.127. The van der Waals surface area contributed by atoms with Crippen molar-refractivity contribution in [3.05, 3.63) is 0 Å². The van der Waals surface area contributed by atoms with Crippen LogP contribution in [0.4, 0.5) is 0 Å². The maximum Gasteiger partial charge on any atom is 0.223 e. The van der Waals surface area contributed by atoms with Crippen LogP contribution in [0.3, 0.4) is 0 Å². The van der Waals surface area contributed by atoms with Gasteiger partial charge in [-0.1, -0.05) is 6.92 Å². The van der Waals surface area contributed by atoms with Crippen molar-refractivity contribution >= 4 is 5.91 Å². The molecule has 1 amide bonds. The third kappa shape index (κ3) is 2.99. The molecule has 0 saturated carbocycles. The summed E-state index contributed by atoms with van der Waals surface area (Å²) in [5.74, 6) is 0.903. The zero-order valence-corrected chi connectivity index (χ0v) is 8.76. The van der Waals surface area contributed by atoms with E-state index in [-0.39, 0.29) is 17.9 Å². The van der Waals surface area contributed by atoms with E-state index in [1.165, 1.54) is 0 Å². The van der Waals surface area contributed by atoms with E-state index in [1.54, 1.807) is 0 Å². The van der Waals surface area contributed by atoms with Gasteiger partial charge in [-0.2, -0.15) is 0 Å². The highest BCUT2D eigenvalue weighted by molar-refractivity contribution is 5.79. The second-order valence-corrected chi connectivity index (χ2v) is 4.24. The minimum absolute atomic E-state index is 0.212. The predicted molar refractivity (Wildman–Crippen MR) is 53.4 cm³/mol. The van der Waals surface area contributed by atoms with Crippen molar-refractivity contribution in [2.24, 2.45) is 11.8 Å². The molecule has 1 aliphatic rings. The molecule has 2 unspecified atom stereocenters. The fourth-order valence-corrected chi connectivity index (χ4v) is 1.80. The van der Waals surface area contributed by atoms with E-state index < -0.39 is 0 Å². The Morgan fingerprint density at radius 2 is 2.23 bits per heavy atom. The topological polar surface area (TPSA) is 41.1 Å². The van der Waals surface area contributed by atoms with Gasteiger partial charge in [-0.25, -0.2) is 0 Å². The smallest absolute Gasteiger partial charge is 0.223 e. The monoisotopic (exact) mass is 184 g/mol. The first-order valence-electron chi connectivity index (χ1n) is 5.12. The summed E-state index contributed by atoms with van der Waals surface area (Å²) in [4.78, 5) is 11.7. The summed E-state index contributed by atoms with van der Waals surface area (Å²) < 4.78 is 0. The van der Waals surface area contributed by atoms with Crippen LogP contribution in [-0.4, -0.2) is 25.0 Å². The highest BCUT2D eigenvalue weighted by Gasteiger charge is 2.27. The summed E-state index contributed by atoms with van der Waals surface area (Å²) in [6.07, 6.45) is 0.972. The largest absolute Gasteiger partial charge is 0.354 e. The number of hydrogen-bond acceptors (Lipinski definition) is 2. The maximum absolute atomic E-state index is 11.7. The summed E-state index contributed by atoms with van der Waals surface area (Å²) in [6.45, 7) is 8.08. The third-order valence-electron chi connectivity index (χ3n) is 2.55. The molecular weight excluding hydrogens is 164 g/mol. The van der Waals surface area contributed by atoms with Gasteiger partial charge in [-0.05, 0) is 39.3 Å². The van der Waals surface area contributed by atoms with Crippen LogP contribution in [0.2, 0.25) is 0 Å². The molecule has 1 rings (SSSR count). The number of carbonyl (C=O) groups excluding carboxylic acids is 1. The Morgan fingerprint density at radius 3 is 2.77 bits per heavy atom. The van der Waals surface area contributed by atoms with Gasteiger partial charge in [0.1, 0.15) is 0 Å². The zero-order chi connectivity index (χ0) is 9.84. The summed E-state index contributed by atoms with van der Waals surface area (Å²) in [5, 5.41) is 6.27. The normalized spacial score (nSPS) is 28.9. The van der Waals surface area contributed by atoms with Crippen LogP contribution >= 0.6 is 0 Å². The summed E-state index contributed by atoms with van der Waals surface area (Å²) >= 11 is 0. The van der Waals surface area contributed by atoms with Crippen molar-refractivity contribution < 1.29 is 4.79 Å². The van der Waals surface area contributed by atoms with Crippen molar-refractivity contribution in [2.75, 3.05) is 13.1 Å². The second kappa shape index (κ2) is 4.61. The molecular formula is C10H20N2O. The first-order valence-corrected chi connectivity index (χ1v) is 5.12. The van der Waals surface area contributed by atoms with Gasteiger partial charge < -0.3 is 10.6 Å². The molecule has 2 N–H and O–H groups in total. The minimum Gasteiger partial charge on any atom is -0.354 e. The van der Waals surface area contributed by atoms with Gasteiger partial charge in [0, 0.05) is 12.0 Å². The molecule has 0 aromatic rings. The molecule has 0 radical (unpaired) electrons. The minimum atomic E-state index is 0.212. The highest BCUT2D eigenvalue weighted by atomic mass is 16.1. The SMILES string of the molecule is CC(C)NC(=O)C1CCNCC1C. The number of amides is 1. The Hall–Kier alpha value is -0.570. The van der Waals surface area contributed by atoms with Crippen LogP contribution < -0.4 is 10.6 Å². The van der Waals surface area contributed by atoms with Crippen LogP contribution in [0.5, 0.6) is 0 Å². The third-order valence-corrected chi connectivity index (χ3v) is 2.55. The van der Waals surface area contributed by atoms with E-state index in [0.717, 1.165) is 19.5 Å². The lowest BCUT2D eigenvalue weighted by Crippen LogP contribution is -2.45. The van der Waals surface area contributed by atoms with E-state index in [2.05, 4.69) is 17.6 Å². The second-order valence-electron chi connectivity index (χ2n) is 4.24. The Labute approximate surface area is 80.3 Å². The molecule has 0 aliphatic carbocycles. The molecule has 0 aromatic heterocycles. The molecule has 1 aliphatic heterocycles. The Kier molecular flexibility index (Phi) is 3.72. The lowest BCUT2D eigenvalue weighted by Gasteiger charge is -2.29. The molecule has 13 heavy (non-hydrogen) atoms. The van der Waals surface area contributed by atoms with Crippen LogP contribution in [0.15, 0.2) is 0 Å². The molecule has 1 fully saturated rings. The van der Waals surface area contributed by atoms with E-state index >= 15 is 0 Å². The molecule has 1 saturated heterocycles. The molecule has 0 aromatic carbocycles. The van der Waals surface area contributed by atoms with Crippen molar-refractivity contribution in [1.29, 1.82) is 0 Å². The van der Waals surface area contributed by atoms with Crippen LogP contribution in [-0.2, 0) is 4.79 Å². The Bertz CT molecular complexity index is 180. The molecule has 2 atom stereocenters. The zero-order valence-electron chi connectivity index (χ0n) is 8.76. The summed E-state index contributed by atoms with van der Waals surface area (Å²) in [5.41, 5.74) is 0. The van der Waals surface area contributed by atoms with Gasteiger partial charge in [0.15, 0.2) is 0 Å². The number of carbonyl (C=O) groups is 1. The quantitative estimate of drug-likeness (QED) is 0.665. The molecule has 76 valence electrons. The van der Waals surface area contributed by atoms with Gasteiger partial charge in [0.25, 0.3) is 0 Å². The average molecular weight is 184 g/mol. The van der Waals surface area contributed by atoms with E-state index in [0.29, 0.717) is 5.92 Å². The standard InChI is InChI=1S/C10H20N2O/c1-7(2)12-10(13)9-4-5-11-6-8(9)3/h7-9,11H,4-6H2,1-3H3,(H,12,13). The number of piperidine rings is 1. The molecule has 3 nitrogen and oxygen atoms in total. The predicted octanol–water partition coefficient (Wildman–Crippen LogP) is 0.757. The number of rotatable bonds is 2. The van der Waals surface area contributed by atoms with Crippen LogP contribution in [0, 0.1) is 11.8 Å². The Morgan fingerprint density at radius 1 is 1.54 bits per heavy atom. The highest BCUT2D eigenvalue weighted by Crippen LogP contribution is 2.18. The van der Waals surface area contributed by atoms with Gasteiger partial charge in [-0.3, -0.25) is 4.79 Å². The van der Waals surface area contributed by atoms with E-state index in [1.807, 2.05) is 13.8 Å². The average Bonchev–Trinajstić information content (AvgIpc) is 2.03. The number of nitrogens with one attached hydrogen (secondary N) is 2. The maximum atomic E-state index is 11.7. The van der Waals surface area contributed by atoms with Crippen LogP contribution in [0.25, 0.3) is 0 Å². The van der Waals surface area contributed by atoms with Crippen LogP contribution in [0.1, 0.15) is 27.2 Å². The van der Waals surface area contributed by atoms with Crippen molar-refractivity contribution in [3.8, 4) is 0 Å². The fraction of sp³-hybridized carbons (Fsp3) is 0.900. The van der Waals surface area contributed by atoms with Crippen molar-refractivity contribution in [2.45, 2.75) is 33.2 Å². The summed E-state index contributed by atoms with van der Waals surface area (Å²) in [6, 6.07) is 0.259. The first-order chi connectivity index (χ1) is 6.11. The van der Waals surface area contributed by atoms with Crippen molar-refractivity contribution in [1.82, 2.24) is 10.6 Å². The number of hydrogen-bond donors (Lipinski definition) is 2. The summed E-state index contributed by atoms with van der Waals surface area (Å²) in [7, 11) is 0. The first kappa shape index (κ1) is 10.5. The molecule has 0 spiro atoms. The molecule has 3 heteroatoms. The molecule has 1 heterocycles. The van der Waals surface area contributed by atoms with Gasteiger partial charge in [0.2, 0.25) is 5.91 Å². The van der Waals surface area contributed by atoms with E-state index in [4.69, 9.17) is 0 Å². The molecule has 0 bridgehead atoms. The Balaban J connectivity index is 2.44. The van der Waals surface area contributed by atoms with E-state index in [9.17, 15) is 4.79 Å². The van der Waals surface area contributed by atoms with Crippen molar-refractivity contribution in [3.63, 3.8) is 0 Å².